The van der Waals surface area contributed by atoms with Crippen LogP contribution in [0.4, 0.5) is 0 Å². The first-order valence-corrected chi connectivity index (χ1v) is 6.43. The van der Waals surface area contributed by atoms with Gasteiger partial charge >= 0.3 is 0 Å². The summed E-state index contributed by atoms with van der Waals surface area (Å²) in [5.41, 5.74) is 7.22. The van der Waals surface area contributed by atoms with Crippen molar-refractivity contribution in [1.82, 2.24) is 0 Å². The van der Waals surface area contributed by atoms with Gasteiger partial charge in [0.25, 0.3) is 0 Å². The van der Waals surface area contributed by atoms with Crippen molar-refractivity contribution in [2.24, 2.45) is 5.73 Å². The van der Waals surface area contributed by atoms with Gasteiger partial charge in [-0.05, 0) is 49.8 Å². The maximum absolute atomic E-state index is 5.79. The van der Waals surface area contributed by atoms with E-state index >= 15 is 0 Å². The lowest BCUT2D eigenvalue weighted by molar-refractivity contribution is 0.532. The molecular weight excluding hydrogens is 250 g/mol. The lowest BCUT2D eigenvalue weighted by Gasteiger charge is -2.16. The number of halogens is 1. The Balaban J connectivity index is 2.65. The van der Waals surface area contributed by atoms with Crippen molar-refractivity contribution in [3.63, 3.8) is 0 Å². The summed E-state index contributed by atoms with van der Waals surface area (Å²) in [4.78, 5) is 0. The van der Waals surface area contributed by atoms with Crippen molar-refractivity contribution >= 4 is 15.9 Å². The average Bonchev–Trinajstić information content (AvgIpc) is 2.18. The number of benzene rings is 1. The third-order valence-electron chi connectivity index (χ3n) is 2.78. The third kappa shape index (κ3) is 4.35. The molecule has 0 aliphatic rings. The first kappa shape index (κ1) is 12.7. The molecule has 2 atom stereocenters. The zero-order valence-electron chi connectivity index (χ0n) is 9.54. The fraction of sp³-hybridized carbons (Fsp3) is 0.538. The van der Waals surface area contributed by atoms with Crippen LogP contribution in [0.15, 0.2) is 28.7 Å². The van der Waals surface area contributed by atoms with E-state index in [0.717, 1.165) is 6.42 Å². The molecule has 1 rings (SSSR count). The molecule has 1 aromatic carbocycles. The van der Waals surface area contributed by atoms with Gasteiger partial charge in [0.1, 0.15) is 0 Å². The Labute approximate surface area is 101 Å². The second kappa shape index (κ2) is 6.29. The molecule has 15 heavy (non-hydrogen) atoms. The number of nitrogens with two attached hydrogens (primary N) is 1. The Hall–Kier alpha value is -0.340. The lowest BCUT2D eigenvalue weighted by Crippen LogP contribution is -2.15. The summed E-state index contributed by atoms with van der Waals surface area (Å²) >= 11 is 3.51. The van der Waals surface area contributed by atoms with E-state index in [9.17, 15) is 0 Å². The summed E-state index contributed by atoms with van der Waals surface area (Å²) < 4.78 is 1.17. The number of rotatable bonds is 5. The minimum absolute atomic E-state index is 0.311. The monoisotopic (exact) mass is 269 g/mol. The van der Waals surface area contributed by atoms with E-state index in [0.29, 0.717) is 12.0 Å². The molecule has 84 valence electrons. The summed E-state index contributed by atoms with van der Waals surface area (Å²) in [5, 5.41) is 0. The molecule has 0 fully saturated rings. The van der Waals surface area contributed by atoms with Crippen LogP contribution in [0.3, 0.4) is 0 Å². The zero-order valence-corrected chi connectivity index (χ0v) is 11.1. The van der Waals surface area contributed by atoms with Crippen molar-refractivity contribution in [1.29, 1.82) is 0 Å². The Morgan fingerprint density at radius 1 is 1.33 bits per heavy atom. The van der Waals surface area contributed by atoms with Gasteiger partial charge in [-0.3, -0.25) is 0 Å². The highest BCUT2D eigenvalue weighted by Gasteiger charge is 2.10. The van der Waals surface area contributed by atoms with Gasteiger partial charge in [-0.2, -0.15) is 0 Å². The molecule has 0 aromatic heterocycles. The average molecular weight is 270 g/mol. The van der Waals surface area contributed by atoms with Crippen molar-refractivity contribution in [2.45, 2.75) is 45.1 Å². The molecule has 0 radical (unpaired) electrons. The predicted molar refractivity (Wildman–Crippen MR) is 70.1 cm³/mol. The van der Waals surface area contributed by atoms with Gasteiger partial charge < -0.3 is 5.73 Å². The maximum atomic E-state index is 5.79. The first-order chi connectivity index (χ1) is 7.13. The molecule has 2 N–H and O–H groups in total. The molecule has 1 aromatic rings. The molecule has 0 aliphatic heterocycles. The van der Waals surface area contributed by atoms with E-state index < -0.39 is 0 Å². The van der Waals surface area contributed by atoms with E-state index in [1.54, 1.807) is 0 Å². The third-order valence-corrected chi connectivity index (χ3v) is 3.28. The van der Waals surface area contributed by atoms with Gasteiger partial charge in [-0.25, -0.2) is 0 Å². The van der Waals surface area contributed by atoms with E-state index in [1.165, 1.54) is 22.9 Å². The Morgan fingerprint density at radius 2 is 2.07 bits per heavy atom. The molecule has 2 unspecified atom stereocenters. The first-order valence-electron chi connectivity index (χ1n) is 5.64. The second-order valence-electron chi connectivity index (χ2n) is 4.21. The normalized spacial score (nSPS) is 14.9. The van der Waals surface area contributed by atoms with Crippen molar-refractivity contribution in [3.8, 4) is 0 Å². The standard InChI is InChI=1S/C13H20BrN/c1-3-11(8-7-10(2)15)12-5-4-6-13(14)9-12/h4-6,9-11H,3,7-8,15H2,1-2H3. The van der Waals surface area contributed by atoms with Gasteiger partial charge in [0.15, 0.2) is 0 Å². The minimum Gasteiger partial charge on any atom is -0.328 e. The Kier molecular flexibility index (Phi) is 5.34. The molecule has 0 aliphatic carbocycles. The van der Waals surface area contributed by atoms with Crippen molar-refractivity contribution in [3.05, 3.63) is 34.3 Å². The Bertz CT molecular complexity index is 296. The fourth-order valence-corrected chi connectivity index (χ4v) is 2.25. The lowest BCUT2D eigenvalue weighted by atomic mass is 9.91. The summed E-state index contributed by atoms with van der Waals surface area (Å²) in [7, 11) is 0. The summed E-state index contributed by atoms with van der Waals surface area (Å²) in [6, 6.07) is 8.91. The highest BCUT2D eigenvalue weighted by atomic mass is 79.9. The van der Waals surface area contributed by atoms with Crippen LogP contribution >= 0.6 is 15.9 Å². The number of hydrogen-bond acceptors (Lipinski definition) is 1. The topological polar surface area (TPSA) is 26.0 Å². The molecule has 0 amide bonds. The van der Waals surface area contributed by atoms with E-state index in [4.69, 9.17) is 5.73 Å². The summed E-state index contributed by atoms with van der Waals surface area (Å²) in [5.74, 6) is 0.647. The highest BCUT2D eigenvalue weighted by Crippen LogP contribution is 2.27. The van der Waals surface area contributed by atoms with Gasteiger partial charge in [0, 0.05) is 10.5 Å². The van der Waals surface area contributed by atoms with Crippen molar-refractivity contribution < 1.29 is 0 Å². The summed E-state index contributed by atoms with van der Waals surface area (Å²) in [6.45, 7) is 4.32. The largest absolute Gasteiger partial charge is 0.328 e. The maximum Gasteiger partial charge on any atom is 0.0178 e. The van der Waals surface area contributed by atoms with E-state index in [2.05, 4.69) is 54.0 Å². The van der Waals surface area contributed by atoms with E-state index in [1.807, 2.05) is 0 Å². The molecule has 0 spiro atoms. The van der Waals surface area contributed by atoms with Gasteiger partial charge in [0.05, 0.1) is 0 Å². The van der Waals surface area contributed by atoms with Gasteiger partial charge in [0.2, 0.25) is 0 Å². The molecule has 0 saturated carbocycles. The quantitative estimate of drug-likeness (QED) is 0.857. The molecular formula is C13H20BrN. The van der Waals surface area contributed by atoms with Crippen molar-refractivity contribution in [2.75, 3.05) is 0 Å². The van der Waals surface area contributed by atoms with Gasteiger partial charge in [-0.15, -0.1) is 0 Å². The van der Waals surface area contributed by atoms with Crippen LogP contribution < -0.4 is 5.73 Å². The fourth-order valence-electron chi connectivity index (χ4n) is 1.83. The van der Waals surface area contributed by atoms with Crippen LogP contribution in [0, 0.1) is 0 Å². The molecule has 0 saturated heterocycles. The van der Waals surface area contributed by atoms with E-state index in [-0.39, 0.29) is 0 Å². The SMILES string of the molecule is CCC(CCC(C)N)c1cccc(Br)c1. The molecule has 2 heteroatoms. The summed E-state index contributed by atoms with van der Waals surface area (Å²) in [6.07, 6.45) is 3.47. The van der Waals surface area contributed by atoms with Crippen LogP contribution in [0.1, 0.15) is 44.6 Å². The van der Waals surface area contributed by atoms with Crippen LogP contribution in [0.25, 0.3) is 0 Å². The van der Waals surface area contributed by atoms with Crippen LogP contribution in [0.2, 0.25) is 0 Å². The molecule has 1 nitrogen and oxygen atoms in total. The minimum atomic E-state index is 0.311. The van der Waals surface area contributed by atoms with Crippen LogP contribution in [-0.2, 0) is 0 Å². The van der Waals surface area contributed by atoms with Crippen LogP contribution in [-0.4, -0.2) is 6.04 Å². The number of hydrogen-bond donors (Lipinski definition) is 1. The molecule has 0 bridgehead atoms. The van der Waals surface area contributed by atoms with Crippen LogP contribution in [0.5, 0.6) is 0 Å². The Morgan fingerprint density at radius 3 is 2.60 bits per heavy atom. The predicted octanol–water partition coefficient (Wildman–Crippen LogP) is 4.07. The van der Waals surface area contributed by atoms with Gasteiger partial charge in [-0.1, -0.05) is 35.0 Å². The zero-order chi connectivity index (χ0) is 11.3. The highest BCUT2D eigenvalue weighted by molar-refractivity contribution is 9.10. The smallest absolute Gasteiger partial charge is 0.0178 e. The second-order valence-corrected chi connectivity index (χ2v) is 5.13. The molecule has 0 heterocycles.